The van der Waals surface area contributed by atoms with Crippen LogP contribution in [0.2, 0.25) is 0 Å². The molecule has 56 heavy (non-hydrogen) atoms. The molecule has 0 aromatic heterocycles. The molecular weight excluding hydrogens is 705 g/mol. The van der Waals surface area contributed by atoms with Crippen molar-refractivity contribution in [2.24, 2.45) is 10.8 Å². The van der Waals surface area contributed by atoms with Gasteiger partial charge in [-0.25, -0.2) is 0 Å². The van der Waals surface area contributed by atoms with Crippen molar-refractivity contribution in [2.75, 3.05) is 52.9 Å². The molecule has 4 aromatic carbocycles. The Bertz CT molecular complexity index is 1720. The minimum Gasteiger partial charge on any atom is -0.486 e. The Labute approximate surface area is 335 Å². The molecule has 304 valence electrons. The van der Waals surface area contributed by atoms with Gasteiger partial charge >= 0.3 is 0 Å². The van der Waals surface area contributed by atoms with Crippen LogP contribution in [0.25, 0.3) is 0 Å². The highest BCUT2D eigenvalue weighted by atomic mass is 16.6. The van der Waals surface area contributed by atoms with E-state index in [0.29, 0.717) is 98.9 Å². The lowest BCUT2D eigenvalue weighted by Gasteiger charge is -2.33. The quantitative estimate of drug-likeness (QED) is 0.203. The number of hydrogen-bond donors (Lipinski definition) is 0. The Hall–Kier alpha value is -4.72. The highest BCUT2D eigenvalue weighted by Gasteiger charge is 2.29. The first-order chi connectivity index (χ1) is 26.5. The van der Waals surface area contributed by atoms with Gasteiger partial charge in [-0.05, 0) is 94.2 Å². The fourth-order valence-electron chi connectivity index (χ4n) is 7.77. The van der Waals surface area contributed by atoms with E-state index in [0.717, 1.165) is 12.8 Å². The molecule has 0 saturated carbocycles. The second-order valence-electron chi connectivity index (χ2n) is 18.2. The summed E-state index contributed by atoms with van der Waals surface area (Å²) in [6.45, 7) is 25.2. The maximum Gasteiger partial charge on any atom is 0.161 e. The Morgan fingerprint density at radius 1 is 0.321 bits per heavy atom. The Balaban J connectivity index is 1.37. The lowest BCUT2D eigenvalue weighted by molar-refractivity contribution is 0.171. The Morgan fingerprint density at radius 3 is 0.804 bits per heavy atom. The third-order valence-corrected chi connectivity index (χ3v) is 9.49. The highest BCUT2D eigenvalue weighted by molar-refractivity contribution is 5.47. The summed E-state index contributed by atoms with van der Waals surface area (Å²) in [4.78, 5) is 0. The molecule has 1 aliphatic rings. The first-order valence-corrected chi connectivity index (χ1v) is 20.0. The molecule has 4 aromatic rings. The van der Waals surface area contributed by atoms with Crippen LogP contribution in [0.4, 0.5) is 0 Å². The van der Waals surface area contributed by atoms with Crippen molar-refractivity contribution in [3.8, 4) is 46.0 Å². The van der Waals surface area contributed by atoms with Crippen LogP contribution in [0.1, 0.15) is 93.2 Å². The van der Waals surface area contributed by atoms with Crippen molar-refractivity contribution in [1.82, 2.24) is 0 Å². The maximum atomic E-state index is 6.37. The number of hydrogen-bond acceptors (Lipinski definition) is 8. The van der Waals surface area contributed by atoms with Crippen LogP contribution >= 0.6 is 0 Å². The van der Waals surface area contributed by atoms with Gasteiger partial charge in [-0.1, -0.05) is 106 Å². The van der Waals surface area contributed by atoms with E-state index >= 15 is 0 Å². The number of rotatable bonds is 4. The number of benzene rings is 4. The number of para-hydroxylation sites is 4. The van der Waals surface area contributed by atoms with Crippen molar-refractivity contribution in [3.05, 3.63) is 96.1 Å². The fraction of sp³-hybridized carbons (Fsp3) is 0.500. The first-order valence-electron chi connectivity index (χ1n) is 20.0. The third kappa shape index (κ3) is 12.7. The van der Waals surface area contributed by atoms with Gasteiger partial charge in [-0.15, -0.1) is 0 Å². The fourth-order valence-corrected chi connectivity index (χ4v) is 7.77. The lowest BCUT2D eigenvalue weighted by Crippen LogP contribution is -2.25. The van der Waals surface area contributed by atoms with Crippen molar-refractivity contribution in [1.29, 1.82) is 0 Å². The van der Waals surface area contributed by atoms with E-state index in [1.807, 2.05) is 60.7 Å². The summed E-state index contributed by atoms with van der Waals surface area (Å²) in [6.07, 6.45) is 2.02. The predicted molar refractivity (Wildman–Crippen MR) is 224 cm³/mol. The van der Waals surface area contributed by atoms with Crippen molar-refractivity contribution < 1.29 is 37.9 Å². The summed E-state index contributed by atoms with van der Waals surface area (Å²) in [7, 11) is 0. The molecule has 0 saturated heterocycles. The van der Waals surface area contributed by atoms with E-state index in [-0.39, 0.29) is 21.7 Å². The van der Waals surface area contributed by atoms with Gasteiger partial charge in [0, 0.05) is 0 Å². The van der Waals surface area contributed by atoms with Gasteiger partial charge in [0.15, 0.2) is 46.0 Å². The molecule has 0 aliphatic carbocycles. The number of fused-ring (bicyclic) bond motifs is 4. The van der Waals surface area contributed by atoms with Crippen LogP contribution in [0.15, 0.2) is 84.9 Å². The molecule has 1 aliphatic heterocycles. The lowest BCUT2D eigenvalue weighted by atomic mass is 9.72. The largest absolute Gasteiger partial charge is 0.486 e. The second-order valence-corrected chi connectivity index (χ2v) is 18.2. The molecule has 0 N–H and O–H groups in total. The summed E-state index contributed by atoms with van der Waals surface area (Å²) in [5, 5.41) is 0. The van der Waals surface area contributed by atoms with E-state index in [9.17, 15) is 0 Å². The average molecular weight is 769 g/mol. The van der Waals surface area contributed by atoms with E-state index in [2.05, 4.69) is 93.5 Å². The van der Waals surface area contributed by atoms with Gasteiger partial charge in [-0.2, -0.15) is 0 Å². The summed E-state index contributed by atoms with van der Waals surface area (Å²) in [6, 6.07) is 27.7. The van der Waals surface area contributed by atoms with Crippen molar-refractivity contribution in [3.63, 3.8) is 0 Å². The minimum absolute atomic E-state index is 0.0725. The van der Waals surface area contributed by atoms with Crippen LogP contribution < -0.4 is 37.9 Å². The minimum atomic E-state index is -0.0725. The molecule has 8 heteroatoms. The smallest absolute Gasteiger partial charge is 0.161 e. The topological polar surface area (TPSA) is 73.8 Å². The zero-order valence-corrected chi connectivity index (χ0v) is 35.4. The van der Waals surface area contributed by atoms with Crippen LogP contribution in [-0.2, 0) is 10.8 Å². The van der Waals surface area contributed by atoms with Crippen LogP contribution in [0.3, 0.4) is 0 Å². The highest BCUT2D eigenvalue weighted by Crippen LogP contribution is 2.41. The predicted octanol–water partition coefficient (Wildman–Crippen LogP) is 11.3. The molecule has 0 fully saturated rings. The van der Waals surface area contributed by atoms with E-state index in [1.54, 1.807) is 0 Å². The van der Waals surface area contributed by atoms with Gasteiger partial charge < -0.3 is 37.9 Å². The van der Waals surface area contributed by atoms with E-state index < -0.39 is 0 Å². The molecule has 8 nitrogen and oxygen atoms in total. The first kappa shape index (κ1) is 42.4. The molecule has 0 bridgehead atoms. The standard InChI is InChI=1S/C48H64O8/c1-45(2,3)33-47(7,8)35-19-21-41-43(31-35)55-29-27-51-39-17-13-14-18-40(39)52-28-30-56-44-32-36(48(9,10)34-46(4,5)6)20-22-42(44)54-26-24-50-38-16-12-11-15-37(38)49-23-25-53-41/h11-22,31-32H,23-30,33-34H2,1-10H3. The van der Waals surface area contributed by atoms with Gasteiger partial charge in [0.1, 0.15) is 52.9 Å². The van der Waals surface area contributed by atoms with Gasteiger partial charge in [0.2, 0.25) is 0 Å². The van der Waals surface area contributed by atoms with Crippen LogP contribution in [-0.4, -0.2) is 52.9 Å². The monoisotopic (exact) mass is 768 g/mol. The summed E-state index contributed by atoms with van der Waals surface area (Å²) >= 11 is 0. The van der Waals surface area contributed by atoms with E-state index in [1.165, 1.54) is 11.1 Å². The molecule has 0 atom stereocenters. The number of ether oxygens (including phenoxy) is 8. The molecule has 0 radical (unpaired) electrons. The molecule has 0 amide bonds. The SMILES string of the molecule is CC(C)(C)CC(C)(C)c1ccc2c(c1)OCCOc1ccccc1OCCOc1cc(C(C)(C)CC(C)(C)C)ccc1OCCOc1ccccc1OCCO2. The van der Waals surface area contributed by atoms with Gasteiger partial charge in [0.05, 0.1) is 0 Å². The zero-order valence-electron chi connectivity index (χ0n) is 35.4. The summed E-state index contributed by atoms with van der Waals surface area (Å²) in [5.41, 5.74) is 2.54. The van der Waals surface area contributed by atoms with Crippen LogP contribution in [0.5, 0.6) is 46.0 Å². The second kappa shape index (κ2) is 18.5. The summed E-state index contributed by atoms with van der Waals surface area (Å²) in [5.74, 6) is 5.16. The van der Waals surface area contributed by atoms with Crippen LogP contribution in [0, 0.1) is 10.8 Å². The Morgan fingerprint density at radius 2 is 0.554 bits per heavy atom. The molecule has 0 unspecified atom stereocenters. The van der Waals surface area contributed by atoms with Gasteiger partial charge in [-0.3, -0.25) is 0 Å². The maximum absolute atomic E-state index is 6.37. The zero-order chi connectivity index (χ0) is 40.4. The Kier molecular flexibility index (Phi) is 14.0. The van der Waals surface area contributed by atoms with Gasteiger partial charge in [0.25, 0.3) is 0 Å². The summed E-state index contributed by atoms with van der Waals surface area (Å²) < 4.78 is 50.0. The van der Waals surface area contributed by atoms with E-state index in [4.69, 9.17) is 37.9 Å². The normalized spacial score (nSPS) is 15.3. The van der Waals surface area contributed by atoms with Crippen molar-refractivity contribution in [2.45, 2.75) is 92.9 Å². The molecule has 5 rings (SSSR count). The molecular formula is C48H64O8. The average Bonchev–Trinajstić information content (AvgIpc) is 3.11. The third-order valence-electron chi connectivity index (χ3n) is 9.49. The molecule has 0 spiro atoms. The molecule has 1 heterocycles. The van der Waals surface area contributed by atoms with Crippen molar-refractivity contribution >= 4 is 0 Å².